The molecule has 1 aromatic carbocycles. The fourth-order valence-corrected chi connectivity index (χ4v) is 2.64. The van der Waals surface area contributed by atoms with Crippen molar-refractivity contribution < 1.29 is 18.0 Å². The molecule has 0 aliphatic rings. The van der Waals surface area contributed by atoms with Crippen LogP contribution in [0.15, 0.2) is 30.3 Å². The molecule has 0 radical (unpaired) electrons. The second kappa shape index (κ2) is 4.70. The molecular weight excluding hydrogens is 275 g/mol. The van der Waals surface area contributed by atoms with Crippen molar-refractivity contribution in [1.82, 2.24) is 0 Å². The van der Waals surface area contributed by atoms with Crippen molar-refractivity contribution in [3.8, 4) is 10.4 Å². The summed E-state index contributed by atoms with van der Waals surface area (Å²) in [6, 6.07) is 6.48. The van der Waals surface area contributed by atoms with Crippen LogP contribution < -0.4 is 5.73 Å². The van der Waals surface area contributed by atoms with E-state index in [4.69, 9.17) is 5.73 Å². The Morgan fingerprint density at radius 3 is 2.47 bits per heavy atom. The van der Waals surface area contributed by atoms with Gasteiger partial charge in [-0.25, -0.2) is 0 Å². The highest BCUT2D eigenvalue weighted by molar-refractivity contribution is 7.18. The monoisotopic (exact) mass is 285 g/mol. The summed E-state index contributed by atoms with van der Waals surface area (Å²) in [5.41, 5.74) is 5.65. The van der Waals surface area contributed by atoms with Gasteiger partial charge in [-0.15, -0.1) is 11.3 Å². The molecule has 2 aromatic rings. The summed E-state index contributed by atoms with van der Waals surface area (Å²) in [5, 5.41) is 0. The molecule has 6 heteroatoms. The first kappa shape index (κ1) is 13.6. The van der Waals surface area contributed by atoms with Crippen molar-refractivity contribution in [1.29, 1.82) is 0 Å². The van der Waals surface area contributed by atoms with E-state index in [1.165, 1.54) is 19.1 Å². The van der Waals surface area contributed by atoms with E-state index in [-0.39, 0.29) is 5.78 Å². The van der Waals surface area contributed by atoms with Crippen LogP contribution in [-0.4, -0.2) is 5.78 Å². The van der Waals surface area contributed by atoms with Crippen LogP contribution in [0.1, 0.15) is 22.2 Å². The van der Waals surface area contributed by atoms with Crippen LogP contribution in [0.5, 0.6) is 0 Å². The summed E-state index contributed by atoms with van der Waals surface area (Å²) in [6.07, 6.45) is -4.39. The first-order valence-electron chi connectivity index (χ1n) is 5.37. The van der Waals surface area contributed by atoms with Crippen molar-refractivity contribution >= 4 is 22.8 Å². The van der Waals surface area contributed by atoms with Crippen molar-refractivity contribution in [2.24, 2.45) is 0 Å². The Morgan fingerprint density at radius 2 is 1.95 bits per heavy atom. The molecule has 2 N–H and O–H groups in total. The van der Waals surface area contributed by atoms with Gasteiger partial charge >= 0.3 is 6.18 Å². The van der Waals surface area contributed by atoms with E-state index >= 15 is 0 Å². The van der Waals surface area contributed by atoms with E-state index in [0.29, 0.717) is 21.0 Å². The minimum Gasteiger partial charge on any atom is -0.397 e. The molecule has 0 aliphatic carbocycles. The number of alkyl halides is 3. The minimum atomic E-state index is -4.39. The van der Waals surface area contributed by atoms with E-state index in [1.807, 2.05) is 0 Å². The Labute approximate surface area is 111 Å². The van der Waals surface area contributed by atoms with Crippen LogP contribution in [0.4, 0.5) is 18.9 Å². The van der Waals surface area contributed by atoms with Crippen LogP contribution in [0, 0.1) is 0 Å². The maximum atomic E-state index is 12.6. The lowest BCUT2D eigenvalue weighted by molar-refractivity contribution is -0.137. The Bertz CT molecular complexity index is 631. The zero-order chi connectivity index (χ0) is 14.2. The highest BCUT2D eigenvalue weighted by atomic mass is 32.1. The van der Waals surface area contributed by atoms with Crippen LogP contribution in [-0.2, 0) is 6.18 Å². The molecule has 1 heterocycles. The van der Waals surface area contributed by atoms with Gasteiger partial charge in [0.1, 0.15) is 0 Å². The van der Waals surface area contributed by atoms with Crippen LogP contribution in [0.25, 0.3) is 10.4 Å². The number of Topliss-reactive ketones (excluding diaryl/α,β-unsaturated/α-hetero) is 1. The van der Waals surface area contributed by atoms with Crippen molar-refractivity contribution in [2.75, 3.05) is 5.73 Å². The van der Waals surface area contributed by atoms with E-state index in [0.717, 1.165) is 23.5 Å². The number of benzene rings is 1. The maximum Gasteiger partial charge on any atom is 0.416 e. The van der Waals surface area contributed by atoms with Gasteiger partial charge in [0.05, 0.1) is 16.1 Å². The maximum absolute atomic E-state index is 12.6. The number of thiophene rings is 1. The third-order valence-electron chi connectivity index (χ3n) is 2.55. The zero-order valence-corrected chi connectivity index (χ0v) is 10.7. The second-order valence-corrected chi connectivity index (χ2v) is 5.08. The van der Waals surface area contributed by atoms with E-state index in [9.17, 15) is 18.0 Å². The molecule has 0 atom stereocenters. The smallest absolute Gasteiger partial charge is 0.397 e. The molecule has 0 amide bonds. The summed E-state index contributed by atoms with van der Waals surface area (Å²) >= 11 is 1.10. The van der Waals surface area contributed by atoms with Crippen LogP contribution >= 0.6 is 11.3 Å². The first-order valence-corrected chi connectivity index (χ1v) is 6.18. The summed E-state index contributed by atoms with van der Waals surface area (Å²) in [6.45, 7) is 1.37. The molecule has 0 unspecified atom stereocenters. The fraction of sp³-hybridized carbons (Fsp3) is 0.154. The number of carbonyl (C=O) groups excluding carboxylic acids is 1. The van der Waals surface area contributed by atoms with Gasteiger partial charge < -0.3 is 5.73 Å². The predicted octanol–water partition coefficient (Wildman–Crippen LogP) is 4.22. The zero-order valence-electron chi connectivity index (χ0n) is 9.91. The predicted molar refractivity (Wildman–Crippen MR) is 69.2 cm³/mol. The van der Waals surface area contributed by atoms with Gasteiger partial charge in [0.25, 0.3) is 0 Å². The van der Waals surface area contributed by atoms with E-state index < -0.39 is 11.7 Å². The second-order valence-electron chi connectivity index (χ2n) is 4.03. The lowest BCUT2D eigenvalue weighted by Crippen LogP contribution is -2.04. The van der Waals surface area contributed by atoms with E-state index in [2.05, 4.69) is 0 Å². The molecule has 0 fully saturated rings. The number of nitrogens with two attached hydrogens (primary N) is 1. The number of hydrogen-bond acceptors (Lipinski definition) is 3. The van der Waals surface area contributed by atoms with Gasteiger partial charge in [0.2, 0.25) is 0 Å². The number of hydrogen-bond donors (Lipinski definition) is 1. The molecule has 2 rings (SSSR count). The average Bonchev–Trinajstić information content (AvgIpc) is 2.70. The highest BCUT2D eigenvalue weighted by Crippen LogP contribution is 2.36. The number of nitrogen functional groups attached to an aromatic ring is 1. The van der Waals surface area contributed by atoms with Gasteiger partial charge in [-0.2, -0.15) is 13.2 Å². The van der Waals surface area contributed by atoms with Crippen LogP contribution in [0.2, 0.25) is 0 Å². The molecule has 0 bridgehead atoms. The first-order chi connectivity index (χ1) is 8.79. The number of rotatable bonds is 2. The standard InChI is InChI=1S/C13H10F3NOS/c1-7(18)12-10(17)6-11(19-12)8-3-2-4-9(5-8)13(14,15)16/h2-6H,17H2,1H3. The lowest BCUT2D eigenvalue weighted by Gasteiger charge is -2.07. The van der Waals surface area contributed by atoms with Gasteiger partial charge in [0, 0.05) is 11.8 Å². The molecule has 0 saturated heterocycles. The van der Waals surface area contributed by atoms with Crippen molar-refractivity contribution in [3.63, 3.8) is 0 Å². The number of ketones is 1. The van der Waals surface area contributed by atoms with Crippen molar-refractivity contribution in [2.45, 2.75) is 13.1 Å². The molecule has 0 aliphatic heterocycles. The molecule has 0 saturated carbocycles. The Morgan fingerprint density at radius 1 is 1.26 bits per heavy atom. The van der Waals surface area contributed by atoms with Gasteiger partial charge in [-0.05, 0) is 23.8 Å². The minimum absolute atomic E-state index is 0.194. The number of carbonyl (C=O) groups is 1. The Kier molecular flexibility index (Phi) is 3.36. The van der Waals surface area contributed by atoms with E-state index in [1.54, 1.807) is 6.07 Å². The third kappa shape index (κ3) is 2.78. The largest absolute Gasteiger partial charge is 0.416 e. The number of anilines is 1. The van der Waals surface area contributed by atoms with Gasteiger partial charge in [-0.3, -0.25) is 4.79 Å². The summed E-state index contributed by atoms with van der Waals surface area (Å²) < 4.78 is 37.9. The highest BCUT2D eigenvalue weighted by Gasteiger charge is 2.30. The lowest BCUT2D eigenvalue weighted by atomic mass is 10.1. The van der Waals surface area contributed by atoms with Crippen molar-refractivity contribution in [3.05, 3.63) is 40.8 Å². The average molecular weight is 285 g/mol. The molecular formula is C13H10F3NOS. The van der Waals surface area contributed by atoms with Gasteiger partial charge in [-0.1, -0.05) is 12.1 Å². The SMILES string of the molecule is CC(=O)c1sc(-c2cccc(C(F)(F)F)c2)cc1N. The normalized spacial score (nSPS) is 11.6. The fourth-order valence-electron chi connectivity index (χ4n) is 1.67. The third-order valence-corrected chi connectivity index (χ3v) is 3.86. The summed E-state index contributed by atoms with van der Waals surface area (Å²) in [4.78, 5) is 12.2. The summed E-state index contributed by atoms with van der Waals surface area (Å²) in [7, 11) is 0. The van der Waals surface area contributed by atoms with Crippen LogP contribution in [0.3, 0.4) is 0 Å². The quantitative estimate of drug-likeness (QED) is 0.839. The molecule has 1 aromatic heterocycles. The molecule has 19 heavy (non-hydrogen) atoms. The number of halogens is 3. The topological polar surface area (TPSA) is 43.1 Å². The summed E-state index contributed by atoms with van der Waals surface area (Å²) in [5.74, 6) is -0.194. The molecule has 100 valence electrons. The Hall–Kier alpha value is -1.82. The molecule has 2 nitrogen and oxygen atoms in total. The Balaban J connectivity index is 2.48. The van der Waals surface area contributed by atoms with Gasteiger partial charge in [0.15, 0.2) is 5.78 Å². The molecule has 0 spiro atoms.